The summed E-state index contributed by atoms with van der Waals surface area (Å²) < 4.78 is 3.23. The molecule has 0 spiro atoms. The lowest BCUT2D eigenvalue weighted by Crippen LogP contribution is -2.28. The maximum Gasteiger partial charge on any atom is 0.264 e. The predicted molar refractivity (Wildman–Crippen MR) is 99.8 cm³/mol. The summed E-state index contributed by atoms with van der Waals surface area (Å²) in [4.78, 5) is 28.8. The Morgan fingerprint density at radius 2 is 2.00 bits per heavy atom. The molecule has 0 saturated heterocycles. The molecule has 1 N–H and O–H groups in total. The Morgan fingerprint density at radius 3 is 2.73 bits per heavy atom. The Kier molecular flexibility index (Phi) is 5.46. The van der Waals surface area contributed by atoms with Gasteiger partial charge in [-0.1, -0.05) is 44.2 Å². The summed E-state index contributed by atoms with van der Waals surface area (Å²) >= 11 is 0. The van der Waals surface area contributed by atoms with Gasteiger partial charge in [-0.2, -0.15) is 5.10 Å². The first-order valence-electron chi connectivity index (χ1n) is 8.76. The molecule has 0 saturated carbocycles. The molecule has 0 aliphatic rings. The van der Waals surface area contributed by atoms with E-state index in [1.54, 1.807) is 21.8 Å². The summed E-state index contributed by atoms with van der Waals surface area (Å²) in [7, 11) is 0. The molecule has 0 aliphatic heterocycles. The fraction of sp³-hybridized carbons (Fsp3) is 0.368. The molecule has 1 amide bonds. The number of fused-ring (bicyclic) bond motifs is 1. The minimum absolute atomic E-state index is 0.0228. The molecule has 0 bridgehead atoms. The summed E-state index contributed by atoms with van der Waals surface area (Å²) in [5.41, 5.74) is 1.46. The Balaban J connectivity index is 1.71. The van der Waals surface area contributed by atoms with E-state index in [2.05, 4.69) is 15.4 Å². The molecule has 3 rings (SSSR count). The highest BCUT2D eigenvalue weighted by Crippen LogP contribution is 2.07. The second-order valence-electron chi connectivity index (χ2n) is 6.72. The standard InChI is InChI=1S/C19H23N5O2/c1-14(2)10-17(25)20-8-9-24-18-16(11-22-24)19(26)23(13-21-18)12-15-6-4-3-5-7-15/h3-7,11,13-14H,8-10,12H2,1-2H3,(H,20,25). The predicted octanol–water partition coefficient (Wildman–Crippen LogP) is 1.80. The second kappa shape index (κ2) is 7.95. The van der Waals surface area contributed by atoms with Crippen molar-refractivity contribution < 1.29 is 4.79 Å². The van der Waals surface area contributed by atoms with Gasteiger partial charge >= 0.3 is 0 Å². The van der Waals surface area contributed by atoms with Crippen molar-refractivity contribution in [1.82, 2.24) is 24.6 Å². The molecule has 0 fully saturated rings. The van der Waals surface area contributed by atoms with Gasteiger partial charge in [0.1, 0.15) is 11.7 Å². The van der Waals surface area contributed by atoms with E-state index < -0.39 is 0 Å². The monoisotopic (exact) mass is 353 g/mol. The van der Waals surface area contributed by atoms with Crippen LogP contribution < -0.4 is 10.9 Å². The van der Waals surface area contributed by atoms with E-state index in [4.69, 9.17) is 0 Å². The van der Waals surface area contributed by atoms with Gasteiger partial charge < -0.3 is 5.32 Å². The molecular weight excluding hydrogens is 330 g/mol. The number of benzene rings is 1. The van der Waals surface area contributed by atoms with Crippen LogP contribution in [0.15, 0.2) is 47.7 Å². The van der Waals surface area contributed by atoms with Crippen molar-refractivity contribution in [1.29, 1.82) is 0 Å². The number of rotatable bonds is 7. The van der Waals surface area contributed by atoms with Crippen LogP contribution in [0.1, 0.15) is 25.8 Å². The first-order chi connectivity index (χ1) is 12.5. The van der Waals surface area contributed by atoms with Gasteiger partial charge in [-0.05, 0) is 11.5 Å². The lowest BCUT2D eigenvalue weighted by Gasteiger charge is -2.08. The zero-order valence-corrected chi connectivity index (χ0v) is 15.1. The quantitative estimate of drug-likeness (QED) is 0.702. The van der Waals surface area contributed by atoms with E-state index >= 15 is 0 Å². The van der Waals surface area contributed by atoms with Crippen LogP contribution in [0.2, 0.25) is 0 Å². The zero-order chi connectivity index (χ0) is 18.5. The number of aromatic nitrogens is 4. The highest BCUT2D eigenvalue weighted by atomic mass is 16.1. The highest BCUT2D eigenvalue weighted by Gasteiger charge is 2.11. The molecule has 7 heteroatoms. The van der Waals surface area contributed by atoms with Gasteiger partial charge in [-0.25, -0.2) is 9.67 Å². The SMILES string of the molecule is CC(C)CC(=O)NCCn1ncc2c(=O)n(Cc3ccccc3)cnc21. The van der Waals surface area contributed by atoms with E-state index in [-0.39, 0.29) is 11.5 Å². The van der Waals surface area contributed by atoms with Gasteiger partial charge in [-0.3, -0.25) is 14.2 Å². The molecule has 136 valence electrons. The number of hydrogen-bond acceptors (Lipinski definition) is 4. The first kappa shape index (κ1) is 17.8. The number of nitrogens with one attached hydrogen (secondary N) is 1. The molecule has 1 aromatic carbocycles. The summed E-state index contributed by atoms with van der Waals surface area (Å²) in [5, 5.41) is 7.60. The van der Waals surface area contributed by atoms with Crippen molar-refractivity contribution >= 4 is 16.9 Å². The number of carbonyl (C=O) groups is 1. The number of hydrogen-bond donors (Lipinski definition) is 1. The smallest absolute Gasteiger partial charge is 0.264 e. The molecule has 0 radical (unpaired) electrons. The minimum Gasteiger partial charge on any atom is -0.354 e. The normalized spacial score (nSPS) is 11.2. The third-order valence-electron chi connectivity index (χ3n) is 4.06. The van der Waals surface area contributed by atoms with E-state index in [1.807, 2.05) is 44.2 Å². The van der Waals surface area contributed by atoms with Crippen LogP contribution in [0.3, 0.4) is 0 Å². The molecule has 0 aliphatic carbocycles. The fourth-order valence-corrected chi connectivity index (χ4v) is 2.80. The maximum atomic E-state index is 12.6. The molecule has 3 aromatic rings. The highest BCUT2D eigenvalue weighted by molar-refractivity contribution is 5.76. The zero-order valence-electron chi connectivity index (χ0n) is 15.1. The van der Waals surface area contributed by atoms with Crippen LogP contribution in [0.4, 0.5) is 0 Å². The Morgan fingerprint density at radius 1 is 1.23 bits per heavy atom. The molecule has 0 unspecified atom stereocenters. The topological polar surface area (TPSA) is 81.8 Å². The van der Waals surface area contributed by atoms with E-state index in [0.717, 1.165) is 5.56 Å². The van der Waals surface area contributed by atoms with Crippen LogP contribution in [-0.4, -0.2) is 31.8 Å². The molecule has 26 heavy (non-hydrogen) atoms. The van der Waals surface area contributed by atoms with Crippen molar-refractivity contribution in [3.63, 3.8) is 0 Å². The van der Waals surface area contributed by atoms with Gasteiger partial charge in [-0.15, -0.1) is 0 Å². The average Bonchev–Trinajstić information content (AvgIpc) is 3.01. The first-order valence-corrected chi connectivity index (χ1v) is 8.76. The number of carbonyl (C=O) groups excluding carboxylic acids is 1. The summed E-state index contributed by atoms with van der Waals surface area (Å²) in [6.07, 6.45) is 3.59. The lowest BCUT2D eigenvalue weighted by atomic mass is 10.1. The van der Waals surface area contributed by atoms with Crippen LogP contribution in [-0.2, 0) is 17.9 Å². The lowest BCUT2D eigenvalue weighted by molar-refractivity contribution is -0.121. The number of amides is 1. The van der Waals surface area contributed by atoms with E-state index in [9.17, 15) is 9.59 Å². The number of nitrogens with zero attached hydrogens (tertiary/aromatic N) is 4. The van der Waals surface area contributed by atoms with Crippen molar-refractivity contribution in [2.24, 2.45) is 5.92 Å². The summed E-state index contributed by atoms with van der Waals surface area (Å²) in [6, 6.07) is 9.77. The summed E-state index contributed by atoms with van der Waals surface area (Å²) in [5.74, 6) is 0.347. The Hall–Kier alpha value is -2.96. The van der Waals surface area contributed by atoms with Crippen molar-refractivity contribution in [3.05, 3.63) is 58.8 Å². The van der Waals surface area contributed by atoms with Gasteiger partial charge in [0.25, 0.3) is 5.56 Å². The largest absolute Gasteiger partial charge is 0.354 e. The Labute approximate surface area is 151 Å². The molecule has 0 atom stereocenters. The maximum absolute atomic E-state index is 12.6. The third kappa shape index (κ3) is 4.17. The molecule has 7 nitrogen and oxygen atoms in total. The van der Waals surface area contributed by atoms with Gasteiger partial charge in [0, 0.05) is 13.0 Å². The Bertz CT molecular complexity index is 943. The molecular formula is C19H23N5O2. The second-order valence-corrected chi connectivity index (χ2v) is 6.72. The van der Waals surface area contributed by atoms with E-state index in [0.29, 0.717) is 43.0 Å². The van der Waals surface area contributed by atoms with Crippen LogP contribution in [0, 0.1) is 5.92 Å². The molecule has 2 heterocycles. The van der Waals surface area contributed by atoms with Crippen molar-refractivity contribution in [2.75, 3.05) is 6.54 Å². The average molecular weight is 353 g/mol. The van der Waals surface area contributed by atoms with Gasteiger partial charge in [0.05, 0.1) is 19.3 Å². The van der Waals surface area contributed by atoms with Gasteiger partial charge in [0.15, 0.2) is 5.65 Å². The molecule has 2 aromatic heterocycles. The van der Waals surface area contributed by atoms with Crippen molar-refractivity contribution in [2.45, 2.75) is 33.4 Å². The summed E-state index contributed by atoms with van der Waals surface area (Å²) in [6.45, 7) is 5.41. The van der Waals surface area contributed by atoms with E-state index in [1.165, 1.54) is 0 Å². The minimum atomic E-state index is -0.117. The van der Waals surface area contributed by atoms with Gasteiger partial charge in [0.2, 0.25) is 5.91 Å². The fourth-order valence-electron chi connectivity index (χ4n) is 2.80. The third-order valence-corrected chi connectivity index (χ3v) is 4.06. The van der Waals surface area contributed by atoms with Crippen LogP contribution in [0.25, 0.3) is 11.0 Å². The van der Waals surface area contributed by atoms with Crippen LogP contribution in [0.5, 0.6) is 0 Å². The van der Waals surface area contributed by atoms with Crippen LogP contribution >= 0.6 is 0 Å². The van der Waals surface area contributed by atoms with Crippen molar-refractivity contribution in [3.8, 4) is 0 Å².